The fraction of sp³-hybridized carbons (Fsp3) is 0.467. The third-order valence-electron chi connectivity index (χ3n) is 3.68. The molecular formula is C15H16F3NO4. The second kappa shape index (κ2) is 6.57. The van der Waals surface area contributed by atoms with E-state index in [1.54, 1.807) is 0 Å². The van der Waals surface area contributed by atoms with Crippen molar-refractivity contribution in [1.82, 2.24) is 5.32 Å². The number of amides is 1. The summed E-state index contributed by atoms with van der Waals surface area (Å²) >= 11 is 0. The van der Waals surface area contributed by atoms with E-state index in [4.69, 9.17) is 5.11 Å². The predicted octanol–water partition coefficient (Wildman–Crippen LogP) is 2.11. The van der Waals surface area contributed by atoms with Crippen molar-refractivity contribution in [1.29, 1.82) is 0 Å². The van der Waals surface area contributed by atoms with Gasteiger partial charge in [-0.05, 0) is 30.0 Å². The molecule has 0 unspecified atom stereocenters. The summed E-state index contributed by atoms with van der Waals surface area (Å²) in [6.45, 7) is 0. The van der Waals surface area contributed by atoms with Gasteiger partial charge in [-0.25, -0.2) is 4.79 Å². The van der Waals surface area contributed by atoms with Gasteiger partial charge in [-0.1, -0.05) is 25.0 Å². The molecule has 1 saturated carbocycles. The molecule has 8 heteroatoms. The Bertz CT molecular complexity index is 581. The number of nitrogens with one attached hydrogen (secondary N) is 1. The molecule has 1 aliphatic carbocycles. The fourth-order valence-electron chi connectivity index (χ4n) is 2.16. The highest BCUT2D eigenvalue weighted by Gasteiger charge is 2.33. The van der Waals surface area contributed by atoms with Crippen LogP contribution >= 0.6 is 0 Å². The highest BCUT2D eigenvalue weighted by Crippen LogP contribution is 2.34. The van der Waals surface area contributed by atoms with E-state index in [2.05, 4.69) is 5.32 Å². The molecular weight excluding hydrogens is 315 g/mol. The second-order valence-electron chi connectivity index (χ2n) is 5.60. The van der Waals surface area contributed by atoms with Crippen LogP contribution in [0.4, 0.5) is 13.2 Å². The molecule has 0 aliphatic heterocycles. The van der Waals surface area contributed by atoms with Gasteiger partial charge in [-0.2, -0.15) is 13.2 Å². The number of alkyl halides is 3. The molecule has 1 fully saturated rings. The van der Waals surface area contributed by atoms with Crippen molar-refractivity contribution in [2.45, 2.75) is 37.6 Å². The number of carbonyl (C=O) groups excluding carboxylic acids is 1. The second-order valence-corrected chi connectivity index (χ2v) is 5.60. The number of aliphatic hydroxyl groups excluding tert-OH is 1. The van der Waals surface area contributed by atoms with Gasteiger partial charge in [0.2, 0.25) is 0 Å². The zero-order valence-corrected chi connectivity index (χ0v) is 12.0. The summed E-state index contributed by atoms with van der Waals surface area (Å²) in [5.74, 6) is -1.90. The first-order valence-corrected chi connectivity index (χ1v) is 7.07. The summed E-state index contributed by atoms with van der Waals surface area (Å²) in [6.07, 6.45) is -4.15. The number of aliphatic carboxylic acids is 1. The lowest BCUT2D eigenvalue weighted by Crippen LogP contribution is -2.43. The van der Waals surface area contributed by atoms with Gasteiger partial charge in [0, 0.05) is 0 Å². The lowest BCUT2D eigenvalue weighted by Gasteiger charge is -2.17. The molecule has 2 atom stereocenters. The standard InChI is InChI=1S/C15H16F3NO4/c16-15(17,18)10-5-3-9(4-6-10)12(20)13(21)19-11(14(22)23)7-8-1-2-8/h3-6,8,11-12,20H,1-2,7H2,(H,19,21)(H,22,23)/t11-,12-/m1/s1. The first-order chi connectivity index (χ1) is 10.7. The van der Waals surface area contributed by atoms with E-state index >= 15 is 0 Å². The minimum absolute atomic E-state index is 0.0361. The van der Waals surface area contributed by atoms with Crippen LogP contribution in [-0.4, -0.2) is 28.1 Å². The number of carboxylic acid groups (broad SMARTS) is 1. The van der Waals surface area contributed by atoms with E-state index < -0.39 is 35.8 Å². The van der Waals surface area contributed by atoms with Crippen LogP contribution in [0.3, 0.4) is 0 Å². The average molecular weight is 331 g/mol. The molecule has 1 aromatic carbocycles. The van der Waals surface area contributed by atoms with Crippen molar-refractivity contribution >= 4 is 11.9 Å². The topological polar surface area (TPSA) is 86.6 Å². The number of hydrogen-bond donors (Lipinski definition) is 3. The van der Waals surface area contributed by atoms with Crippen LogP contribution in [0.25, 0.3) is 0 Å². The Morgan fingerprint density at radius 3 is 2.22 bits per heavy atom. The lowest BCUT2D eigenvalue weighted by atomic mass is 10.0. The first kappa shape index (κ1) is 17.3. The number of carboxylic acids is 1. The molecule has 3 N–H and O–H groups in total. The van der Waals surface area contributed by atoms with E-state index in [-0.39, 0.29) is 17.9 Å². The number of benzene rings is 1. The third-order valence-corrected chi connectivity index (χ3v) is 3.68. The van der Waals surface area contributed by atoms with Crippen molar-refractivity contribution in [3.63, 3.8) is 0 Å². The summed E-state index contributed by atoms with van der Waals surface area (Å²) in [7, 11) is 0. The molecule has 1 aliphatic rings. The molecule has 0 spiro atoms. The van der Waals surface area contributed by atoms with Crippen molar-refractivity contribution in [3.05, 3.63) is 35.4 Å². The van der Waals surface area contributed by atoms with Crippen molar-refractivity contribution in [2.75, 3.05) is 0 Å². The van der Waals surface area contributed by atoms with E-state index in [0.29, 0.717) is 0 Å². The van der Waals surface area contributed by atoms with Crippen molar-refractivity contribution in [2.24, 2.45) is 5.92 Å². The third kappa shape index (κ3) is 4.69. The van der Waals surface area contributed by atoms with Crippen LogP contribution in [0.2, 0.25) is 0 Å². The molecule has 0 aromatic heterocycles. The number of carbonyl (C=O) groups is 2. The maximum Gasteiger partial charge on any atom is 0.416 e. The lowest BCUT2D eigenvalue weighted by molar-refractivity contribution is -0.143. The van der Waals surface area contributed by atoms with Gasteiger partial charge in [-0.15, -0.1) is 0 Å². The van der Waals surface area contributed by atoms with Crippen LogP contribution in [0, 0.1) is 5.92 Å². The molecule has 0 bridgehead atoms. The smallest absolute Gasteiger partial charge is 0.416 e. The normalized spacial score (nSPS) is 17.4. The molecule has 2 rings (SSSR count). The maximum atomic E-state index is 12.5. The molecule has 1 aromatic rings. The fourth-order valence-corrected chi connectivity index (χ4v) is 2.16. The minimum Gasteiger partial charge on any atom is -0.480 e. The van der Waals surface area contributed by atoms with Crippen molar-refractivity contribution in [3.8, 4) is 0 Å². The van der Waals surface area contributed by atoms with E-state index in [1.807, 2.05) is 0 Å². The highest BCUT2D eigenvalue weighted by molar-refractivity contribution is 5.87. The molecule has 5 nitrogen and oxygen atoms in total. The van der Waals surface area contributed by atoms with Gasteiger partial charge in [0.15, 0.2) is 6.10 Å². The number of rotatable bonds is 6. The number of aliphatic hydroxyl groups is 1. The first-order valence-electron chi connectivity index (χ1n) is 7.07. The number of halogens is 3. The van der Waals surface area contributed by atoms with E-state index in [9.17, 15) is 27.9 Å². The quantitative estimate of drug-likeness (QED) is 0.745. The van der Waals surface area contributed by atoms with E-state index in [0.717, 1.165) is 37.1 Å². The summed E-state index contributed by atoms with van der Waals surface area (Å²) in [5, 5.41) is 21.2. The van der Waals surface area contributed by atoms with Gasteiger partial charge in [0.1, 0.15) is 6.04 Å². The highest BCUT2D eigenvalue weighted by atomic mass is 19.4. The van der Waals surface area contributed by atoms with E-state index in [1.165, 1.54) is 0 Å². The Morgan fingerprint density at radius 2 is 1.78 bits per heavy atom. The Kier molecular flexibility index (Phi) is 4.93. The Labute approximate surface area is 130 Å². The molecule has 1 amide bonds. The maximum absolute atomic E-state index is 12.5. The summed E-state index contributed by atoms with van der Waals surface area (Å²) in [6, 6.07) is 2.38. The van der Waals surface area contributed by atoms with Crippen molar-refractivity contribution < 1.29 is 33.0 Å². The van der Waals surface area contributed by atoms with Crippen LogP contribution in [0.15, 0.2) is 24.3 Å². The molecule has 0 heterocycles. The van der Waals surface area contributed by atoms with Crippen LogP contribution < -0.4 is 5.32 Å². The average Bonchev–Trinajstić information content (AvgIpc) is 3.28. The van der Waals surface area contributed by atoms with Crippen LogP contribution in [0.1, 0.15) is 36.5 Å². The molecule has 0 radical (unpaired) electrons. The Morgan fingerprint density at radius 1 is 1.22 bits per heavy atom. The van der Waals surface area contributed by atoms with Gasteiger partial charge in [0.25, 0.3) is 5.91 Å². The predicted molar refractivity (Wildman–Crippen MR) is 73.3 cm³/mol. The van der Waals surface area contributed by atoms with Crippen LogP contribution in [0.5, 0.6) is 0 Å². The monoisotopic (exact) mass is 331 g/mol. The summed E-state index contributed by atoms with van der Waals surface area (Å²) in [4.78, 5) is 23.0. The number of hydrogen-bond acceptors (Lipinski definition) is 3. The molecule has 23 heavy (non-hydrogen) atoms. The SMILES string of the molecule is O=C(O)[C@@H](CC1CC1)NC(=O)[C@H](O)c1ccc(C(F)(F)F)cc1. The summed E-state index contributed by atoms with van der Waals surface area (Å²) in [5.41, 5.74) is -0.933. The minimum atomic E-state index is -4.51. The Hall–Kier alpha value is -2.09. The Balaban J connectivity index is 2.01. The largest absolute Gasteiger partial charge is 0.480 e. The van der Waals surface area contributed by atoms with Gasteiger partial charge in [-0.3, -0.25) is 4.79 Å². The zero-order chi connectivity index (χ0) is 17.2. The van der Waals surface area contributed by atoms with Gasteiger partial charge >= 0.3 is 12.1 Å². The van der Waals surface area contributed by atoms with Gasteiger partial charge in [0.05, 0.1) is 5.56 Å². The zero-order valence-electron chi connectivity index (χ0n) is 12.0. The van der Waals surface area contributed by atoms with Gasteiger partial charge < -0.3 is 15.5 Å². The van der Waals surface area contributed by atoms with Crippen LogP contribution in [-0.2, 0) is 15.8 Å². The summed E-state index contributed by atoms with van der Waals surface area (Å²) < 4.78 is 37.4. The molecule has 0 saturated heterocycles. The molecule has 126 valence electrons.